The summed E-state index contributed by atoms with van der Waals surface area (Å²) in [4.78, 5) is 7.20. The van der Waals surface area contributed by atoms with Crippen molar-refractivity contribution in [2.75, 3.05) is 20.3 Å². The standard InChI is InChI=1S/C13H19N5O4S/c1-21-6-5-16-23(19,20)9-7-10(15-8-9)11-17-12(18-22-11)13(14)3-2-4-13/h7-8,15-16H,2-6,14H2,1H3. The van der Waals surface area contributed by atoms with Gasteiger partial charge < -0.3 is 20.0 Å². The summed E-state index contributed by atoms with van der Waals surface area (Å²) in [6, 6.07) is 1.44. The van der Waals surface area contributed by atoms with Crippen molar-refractivity contribution in [2.24, 2.45) is 5.73 Å². The van der Waals surface area contributed by atoms with Crippen LogP contribution in [0, 0.1) is 0 Å². The van der Waals surface area contributed by atoms with Crippen molar-refractivity contribution < 1.29 is 17.7 Å². The molecule has 2 aromatic heterocycles. The Morgan fingerprint density at radius 2 is 2.30 bits per heavy atom. The second-order valence-electron chi connectivity index (χ2n) is 5.57. The third kappa shape index (κ3) is 3.15. The lowest BCUT2D eigenvalue weighted by Crippen LogP contribution is -2.44. The maximum absolute atomic E-state index is 12.1. The summed E-state index contributed by atoms with van der Waals surface area (Å²) in [5, 5.41) is 3.91. The van der Waals surface area contributed by atoms with E-state index in [2.05, 4.69) is 19.8 Å². The Bertz CT molecular complexity index is 778. The van der Waals surface area contributed by atoms with Gasteiger partial charge in [-0.25, -0.2) is 13.1 Å². The molecule has 1 fully saturated rings. The van der Waals surface area contributed by atoms with Gasteiger partial charge in [-0.05, 0) is 25.3 Å². The largest absolute Gasteiger partial charge is 0.383 e. The second kappa shape index (κ2) is 6.04. The zero-order valence-corrected chi connectivity index (χ0v) is 13.5. The Labute approximate surface area is 133 Å². The number of sulfonamides is 1. The molecule has 2 aromatic rings. The molecule has 0 radical (unpaired) electrons. The van der Waals surface area contributed by atoms with E-state index in [1.54, 1.807) is 0 Å². The predicted octanol–water partition coefficient (Wildman–Crippen LogP) is 0.327. The SMILES string of the molecule is COCCNS(=O)(=O)c1c[nH]c(-c2nc(C3(N)CCC3)no2)c1. The molecule has 4 N–H and O–H groups in total. The van der Waals surface area contributed by atoms with Crippen LogP contribution in [0.5, 0.6) is 0 Å². The topological polar surface area (TPSA) is 136 Å². The van der Waals surface area contributed by atoms with E-state index in [4.69, 9.17) is 15.0 Å². The fourth-order valence-corrected chi connectivity index (χ4v) is 3.34. The summed E-state index contributed by atoms with van der Waals surface area (Å²) in [6.45, 7) is 0.488. The number of nitrogens with one attached hydrogen (secondary N) is 2. The molecule has 1 aliphatic carbocycles. The molecule has 1 saturated carbocycles. The summed E-state index contributed by atoms with van der Waals surface area (Å²) >= 11 is 0. The van der Waals surface area contributed by atoms with Crippen LogP contribution in [0.25, 0.3) is 11.6 Å². The molecule has 3 rings (SSSR count). The Kier molecular flexibility index (Phi) is 4.23. The number of aromatic nitrogens is 3. The van der Waals surface area contributed by atoms with Gasteiger partial charge in [0, 0.05) is 19.9 Å². The Hall–Kier alpha value is -1.75. The molecule has 0 aromatic carbocycles. The molecule has 0 bridgehead atoms. The first-order chi connectivity index (χ1) is 10.9. The zero-order chi connectivity index (χ0) is 16.5. The highest BCUT2D eigenvalue weighted by molar-refractivity contribution is 7.89. The van der Waals surface area contributed by atoms with Gasteiger partial charge in [0.1, 0.15) is 10.6 Å². The maximum atomic E-state index is 12.1. The predicted molar refractivity (Wildman–Crippen MR) is 80.9 cm³/mol. The molecule has 0 spiro atoms. The molecule has 10 heteroatoms. The summed E-state index contributed by atoms with van der Waals surface area (Å²) in [7, 11) is -2.11. The van der Waals surface area contributed by atoms with Crippen molar-refractivity contribution in [3.05, 3.63) is 18.1 Å². The van der Waals surface area contributed by atoms with E-state index < -0.39 is 15.6 Å². The van der Waals surface area contributed by atoms with E-state index >= 15 is 0 Å². The van der Waals surface area contributed by atoms with Crippen LogP contribution in [0.2, 0.25) is 0 Å². The minimum absolute atomic E-state index is 0.0921. The van der Waals surface area contributed by atoms with E-state index in [0.29, 0.717) is 18.1 Å². The molecule has 23 heavy (non-hydrogen) atoms. The van der Waals surface area contributed by atoms with Crippen molar-refractivity contribution in [2.45, 2.75) is 29.7 Å². The molecule has 126 valence electrons. The monoisotopic (exact) mass is 341 g/mol. The van der Waals surface area contributed by atoms with Gasteiger partial charge in [-0.1, -0.05) is 5.16 Å². The molecule has 0 amide bonds. The number of aromatic amines is 1. The normalized spacial score (nSPS) is 17.1. The average Bonchev–Trinajstić information content (AvgIpc) is 3.14. The Morgan fingerprint density at radius 1 is 1.52 bits per heavy atom. The molecular weight excluding hydrogens is 322 g/mol. The van der Waals surface area contributed by atoms with E-state index in [1.807, 2.05) is 0 Å². The lowest BCUT2D eigenvalue weighted by atomic mass is 9.77. The van der Waals surface area contributed by atoms with Gasteiger partial charge in [0.2, 0.25) is 10.0 Å². The number of rotatable bonds is 7. The molecule has 9 nitrogen and oxygen atoms in total. The van der Waals surface area contributed by atoms with Gasteiger partial charge in [-0.3, -0.25) is 0 Å². The number of ether oxygens (including phenoxy) is 1. The van der Waals surface area contributed by atoms with Crippen molar-refractivity contribution in [3.8, 4) is 11.6 Å². The second-order valence-corrected chi connectivity index (χ2v) is 7.34. The molecular formula is C13H19N5O4S. The molecule has 1 aliphatic rings. The zero-order valence-electron chi connectivity index (χ0n) is 12.7. The molecule has 0 aliphatic heterocycles. The third-order valence-corrected chi connectivity index (χ3v) is 5.35. The number of methoxy groups -OCH3 is 1. The minimum atomic E-state index is -3.61. The van der Waals surface area contributed by atoms with E-state index in [1.165, 1.54) is 19.4 Å². The summed E-state index contributed by atoms with van der Waals surface area (Å²) < 4.78 is 36.6. The average molecular weight is 341 g/mol. The Balaban J connectivity index is 1.77. The van der Waals surface area contributed by atoms with Crippen molar-refractivity contribution in [3.63, 3.8) is 0 Å². The molecule has 0 unspecified atom stereocenters. The lowest BCUT2D eigenvalue weighted by molar-refractivity contribution is 0.204. The van der Waals surface area contributed by atoms with Crippen LogP contribution in [-0.2, 0) is 20.3 Å². The van der Waals surface area contributed by atoms with Gasteiger partial charge in [-0.15, -0.1) is 0 Å². The van der Waals surface area contributed by atoms with Gasteiger partial charge in [0.05, 0.1) is 12.1 Å². The van der Waals surface area contributed by atoms with Crippen LogP contribution in [0.15, 0.2) is 21.7 Å². The summed E-state index contributed by atoms with van der Waals surface area (Å²) in [5.74, 6) is 0.672. The molecule has 2 heterocycles. The van der Waals surface area contributed by atoms with E-state index in [9.17, 15) is 8.42 Å². The van der Waals surface area contributed by atoms with Crippen LogP contribution < -0.4 is 10.5 Å². The van der Waals surface area contributed by atoms with Crippen LogP contribution in [-0.4, -0.2) is 43.8 Å². The first-order valence-electron chi connectivity index (χ1n) is 7.25. The van der Waals surface area contributed by atoms with Crippen LogP contribution in [0.4, 0.5) is 0 Å². The smallest absolute Gasteiger partial charge is 0.274 e. The Morgan fingerprint density at radius 3 is 2.96 bits per heavy atom. The van der Waals surface area contributed by atoms with E-state index in [-0.39, 0.29) is 17.3 Å². The number of H-pyrrole nitrogens is 1. The van der Waals surface area contributed by atoms with Crippen LogP contribution >= 0.6 is 0 Å². The number of nitrogens with zero attached hydrogens (tertiary/aromatic N) is 2. The minimum Gasteiger partial charge on any atom is -0.383 e. The van der Waals surface area contributed by atoms with Crippen molar-refractivity contribution in [1.82, 2.24) is 19.8 Å². The van der Waals surface area contributed by atoms with Crippen LogP contribution in [0.1, 0.15) is 25.1 Å². The summed E-state index contributed by atoms with van der Waals surface area (Å²) in [5.41, 5.74) is 6.05. The van der Waals surface area contributed by atoms with Crippen molar-refractivity contribution in [1.29, 1.82) is 0 Å². The molecule has 0 atom stereocenters. The van der Waals surface area contributed by atoms with Crippen molar-refractivity contribution >= 4 is 10.0 Å². The first kappa shape index (κ1) is 16.1. The maximum Gasteiger partial charge on any atom is 0.274 e. The van der Waals surface area contributed by atoms with E-state index in [0.717, 1.165) is 19.3 Å². The number of hydrogen-bond donors (Lipinski definition) is 3. The van der Waals surface area contributed by atoms with Gasteiger partial charge in [0.15, 0.2) is 5.82 Å². The van der Waals surface area contributed by atoms with Crippen LogP contribution in [0.3, 0.4) is 0 Å². The number of nitrogens with two attached hydrogens (primary N) is 1. The van der Waals surface area contributed by atoms with Gasteiger partial charge in [0.25, 0.3) is 5.89 Å². The summed E-state index contributed by atoms with van der Waals surface area (Å²) in [6.07, 6.45) is 4.05. The highest BCUT2D eigenvalue weighted by Gasteiger charge is 2.39. The highest BCUT2D eigenvalue weighted by atomic mass is 32.2. The van der Waals surface area contributed by atoms with Gasteiger partial charge in [-0.2, -0.15) is 4.98 Å². The van der Waals surface area contributed by atoms with Gasteiger partial charge >= 0.3 is 0 Å². The molecule has 0 saturated heterocycles. The highest BCUT2D eigenvalue weighted by Crippen LogP contribution is 2.37. The first-order valence-corrected chi connectivity index (χ1v) is 8.73. The lowest BCUT2D eigenvalue weighted by Gasteiger charge is -2.34. The third-order valence-electron chi connectivity index (χ3n) is 3.91. The fraction of sp³-hybridized carbons (Fsp3) is 0.538. The fourth-order valence-electron chi connectivity index (χ4n) is 2.33. The quantitative estimate of drug-likeness (QED) is 0.617. The number of hydrogen-bond acceptors (Lipinski definition) is 7.